The van der Waals surface area contributed by atoms with E-state index in [2.05, 4.69) is 47.4 Å². The van der Waals surface area contributed by atoms with Crippen LogP contribution in [0.15, 0.2) is 42.5 Å². The van der Waals surface area contributed by atoms with E-state index < -0.39 is 0 Å². The van der Waals surface area contributed by atoms with Crippen molar-refractivity contribution in [1.82, 2.24) is 0 Å². The molecular formula is C25H21N. The van der Waals surface area contributed by atoms with Crippen molar-refractivity contribution in [2.75, 3.05) is 4.90 Å². The Labute approximate surface area is 154 Å². The second-order valence-corrected chi connectivity index (χ2v) is 8.42. The highest BCUT2D eigenvalue weighted by Crippen LogP contribution is 2.56. The number of fused-ring (bicyclic) bond motifs is 2. The van der Waals surface area contributed by atoms with E-state index in [-0.39, 0.29) is 0 Å². The Kier molecular flexibility index (Phi) is 2.41. The SMILES string of the molecule is c1cc2c3c(c1)Cc1cc4c(c5c1N3c1c(cccc1C5)C2)CCCC4. The molecule has 0 saturated heterocycles. The predicted octanol–water partition coefficient (Wildman–Crippen LogP) is 5.75. The van der Waals surface area contributed by atoms with E-state index in [1.165, 1.54) is 59.3 Å². The summed E-state index contributed by atoms with van der Waals surface area (Å²) in [6, 6.07) is 16.5. The van der Waals surface area contributed by atoms with Crippen molar-refractivity contribution in [3.63, 3.8) is 0 Å². The molecule has 126 valence electrons. The molecule has 0 spiro atoms. The Morgan fingerprint density at radius 2 is 1.15 bits per heavy atom. The number of nitrogens with zero attached hydrogens (tertiary/aromatic N) is 1. The van der Waals surface area contributed by atoms with Crippen LogP contribution in [-0.4, -0.2) is 0 Å². The largest absolute Gasteiger partial charge is 0.309 e. The minimum Gasteiger partial charge on any atom is -0.309 e. The summed E-state index contributed by atoms with van der Waals surface area (Å²) < 4.78 is 0. The van der Waals surface area contributed by atoms with Gasteiger partial charge in [-0.05, 0) is 70.2 Å². The van der Waals surface area contributed by atoms with Gasteiger partial charge in [0.05, 0.1) is 17.1 Å². The van der Waals surface area contributed by atoms with Gasteiger partial charge < -0.3 is 4.90 Å². The Balaban J connectivity index is 1.63. The number of para-hydroxylation sites is 2. The van der Waals surface area contributed by atoms with Gasteiger partial charge in [0.2, 0.25) is 0 Å². The molecule has 0 radical (unpaired) electrons. The number of rotatable bonds is 0. The average molecular weight is 335 g/mol. The molecule has 3 aromatic carbocycles. The van der Waals surface area contributed by atoms with Crippen molar-refractivity contribution in [2.45, 2.75) is 44.9 Å². The van der Waals surface area contributed by atoms with Gasteiger partial charge in [-0.25, -0.2) is 0 Å². The Morgan fingerprint density at radius 1 is 0.538 bits per heavy atom. The fraction of sp³-hybridized carbons (Fsp3) is 0.280. The van der Waals surface area contributed by atoms with Crippen LogP contribution in [0.25, 0.3) is 0 Å². The molecule has 0 amide bonds. The summed E-state index contributed by atoms with van der Waals surface area (Å²) >= 11 is 0. The lowest BCUT2D eigenvalue weighted by atomic mass is 9.76. The van der Waals surface area contributed by atoms with Gasteiger partial charge in [0, 0.05) is 19.3 Å². The van der Waals surface area contributed by atoms with Gasteiger partial charge in [0.25, 0.3) is 0 Å². The smallest absolute Gasteiger partial charge is 0.0535 e. The highest BCUT2D eigenvalue weighted by Gasteiger charge is 2.38. The molecule has 0 N–H and O–H groups in total. The number of benzene rings is 3. The summed E-state index contributed by atoms with van der Waals surface area (Å²) in [5, 5.41) is 0. The summed E-state index contributed by atoms with van der Waals surface area (Å²) in [5.74, 6) is 0. The third kappa shape index (κ3) is 1.54. The van der Waals surface area contributed by atoms with E-state index in [1.807, 2.05) is 0 Å². The van der Waals surface area contributed by atoms with Crippen LogP contribution in [0, 0.1) is 0 Å². The van der Waals surface area contributed by atoms with Crippen LogP contribution >= 0.6 is 0 Å². The van der Waals surface area contributed by atoms with Crippen molar-refractivity contribution in [1.29, 1.82) is 0 Å². The second-order valence-electron chi connectivity index (χ2n) is 8.42. The highest BCUT2D eigenvalue weighted by atomic mass is 15.2. The van der Waals surface area contributed by atoms with Crippen LogP contribution in [0.3, 0.4) is 0 Å². The maximum absolute atomic E-state index is 2.66. The molecule has 3 aromatic rings. The summed E-state index contributed by atoms with van der Waals surface area (Å²) in [4.78, 5) is 2.66. The van der Waals surface area contributed by atoms with E-state index >= 15 is 0 Å². The molecule has 7 rings (SSSR count). The lowest BCUT2D eigenvalue weighted by Crippen LogP contribution is -2.30. The standard InChI is InChI=1S/C25H21N/c1-2-10-21-15(5-1)11-20-13-18-8-3-6-16-12-17-7-4-9-19-14-22(21)25(20)26(23(16)18)24(17)19/h3-4,6-9,11H,1-2,5,10,12-14H2. The molecule has 0 fully saturated rings. The Bertz CT molecular complexity index is 1100. The summed E-state index contributed by atoms with van der Waals surface area (Å²) in [5.41, 5.74) is 17.1. The minimum absolute atomic E-state index is 1.08. The summed E-state index contributed by atoms with van der Waals surface area (Å²) in [6.45, 7) is 0. The lowest BCUT2D eigenvalue weighted by Gasteiger charge is -2.45. The van der Waals surface area contributed by atoms with Crippen molar-refractivity contribution < 1.29 is 0 Å². The maximum Gasteiger partial charge on any atom is 0.0535 e. The lowest BCUT2D eigenvalue weighted by molar-refractivity contribution is 0.677. The van der Waals surface area contributed by atoms with E-state index in [0.29, 0.717) is 0 Å². The summed E-state index contributed by atoms with van der Waals surface area (Å²) in [7, 11) is 0. The molecular weight excluding hydrogens is 314 g/mol. The van der Waals surface area contributed by atoms with E-state index in [4.69, 9.17) is 0 Å². The number of hydrogen-bond donors (Lipinski definition) is 0. The van der Waals surface area contributed by atoms with Crippen LogP contribution in [0.4, 0.5) is 17.1 Å². The zero-order valence-corrected chi connectivity index (χ0v) is 14.9. The molecule has 3 heterocycles. The second kappa shape index (κ2) is 4.59. The third-order valence-corrected chi connectivity index (χ3v) is 7.02. The topological polar surface area (TPSA) is 3.24 Å². The molecule has 1 nitrogen and oxygen atoms in total. The molecule has 1 aliphatic carbocycles. The highest BCUT2D eigenvalue weighted by molar-refractivity contribution is 5.94. The van der Waals surface area contributed by atoms with Gasteiger partial charge in [-0.15, -0.1) is 0 Å². The van der Waals surface area contributed by atoms with Gasteiger partial charge in [0.1, 0.15) is 0 Å². The van der Waals surface area contributed by atoms with Gasteiger partial charge in [-0.3, -0.25) is 0 Å². The first-order valence-corrected chi connectivity index (χ1v) is 10.1. The zero-order chi connectivity index (χ0) is 16.8. The summed E-state index contributed by atoms with van der Waals surface area (Å²) in [6.07, 6.45) is 8.57. The molecule has 26 heavy (non-hydrogen) atoms. The molecule has 0 atom stereocenters. The maximum atomic E-state index is 2.66. The van der Waals surface area contributed by atoms with Crippen LogP contribution in [0.5, 0.6) is 0 Å². The van der Waals surface area contributed by atoms with Crippen LogP contribution in [0.2, 0.25) is 0 Å². The van der Waals surface area contributed by atoms with Crippen molar-refractivity contribution in [3.05, 3.63) is 87.0 Å². The van der Waals surface area contributed by atoms with Crippen molar-refractivity contribution in [2.24, 2.45) is 0 Å². The van der Waals surface area contributed by atoms with Crippen molar-refractivity contribution in [3.8, 4) is 0 Å². The monoisotopic (exact) mass is 335 g/mol. The Morgan fingerprint density at radius 3 is 1.88 bits per heavy atom. The zero-order valence-electron chi connectivity index (χ0n) is 14.9. The van der Waals surface area contributed by atoms with Gasteiger partial charge in [-0.1, -0.05) is 42.5 Å². The Hall–Kier alpha value is -2.54. The minimum atomic E-state index is 1.08. The third-order valence-electron chi connectivity index (χ3n) is 7.02. The van der Waals surface area contributed by atoms with E-state index in [1.54, 1.807) is 27.9 Å². The molecule has 0 unspecified atom stereocenters. The van der Waals surface area contributed by atoms with Crippen LogP contribution < -0.4 is 4.90 Å². The fourth-order valence-corrected chi connectivity index (χ4v) is 6.02. The normalized spacial score (nSPS) is 17.6. The van der Waals surface area contributed by atoms with E-state index in [0.717, 1.165) is 19.3 Å². The van der Waals surface area contributed by atoms with Crippen LogP contribution in [-0.2, 0) is 32.1 Å². The predicted molar refractivity (Wildman–Crippen MR) is 106 cm³/mol. The number of aryl methyl sites for hydroxylation is 1. The quantitative estimate of drug-likeness (QED) is 0.342. The number of hydrogen-bond acceptors (Lipinski definition) is 1. The van der Waals surface area contributed by atoms with Crippen LogP contribution in [0.1, 0.15) is 57.3 Å². The first-order chi connectivity index (χ1) is 12.9. The molecule has 4 aliphatic rings. The number of anilines is 3. The molecule has 0 aromatic heterocycles. The fourth-order valence-electron chi connectivity index (χ4n) is 6.02. The van der Waals surface area contributed by atoms with Gasteiger partial charge in [0.15, 0.2) is 0 Å². The van der Waals surface area contributed by atoms with Gasteiger partial charge in [-0.2, -0.15) is 0 Å². The van der Waals surface area contributed by atoms with E-state index in [9.17, 15) is 0 Å². The molecule has 0 bridgehead atoms. The van der Waals surface area contributed by atoms with Crippen molar-refractivity contribution >= 4 is 17.1 Å². The molecule has 1 heteroatoms. The molecule has 3 aliphatic heterocycles. The average Bonchev–Trinajstić information content (AvgIpc) is 2.68. The van der Waals surface area contributed by atoms with Gasteiger partial charge >= 0.3 is 0 Å². The first kappa shape index (κ1) is 13.6. The first-order valence-electron chi connectivity index (χ1n) is 10.1. The molecule has 0 saturated carbocycles.